The highest BCUT2D eigenvalue weighted by Gasteiger charge is 2.27. The molecule has 3 rings (SSSR count). The fraction of sp³-hybridized carbons (Fsp3) is 0.429. The number of carbonyl (C=O) groups is 1. The van der Waals surface area contributed by atoms with Crippen LogP contribution in [0.3, 0.4) is 0 Å². The van der Waals surface area contributed by atoms with E-state index in [0.717, 1.165) is 11.8 Å². The second-order valence-electron chi connectivity index (χ2n) is 7.74. The lowest BCUT2D eigenvalue weighted by atomic mass is 10.2. The molecule has 1 aliphatic rings. The van der Waals surface area contributed by atoms with Crippen molar-refractivity contribution < 1.29 is 9.53 Å². The van der Waals surface area contributed by atoms with E-state index in [9.17, 15) is 9.59 Å². The van der Waals surface area contributed by atoms with Crippen LogP contribution in [-0.4, -0.2) is 84.9 Å². The van der Waals surface area contributed by atoms with Gasteiger partial charge in [-0.15, -0.1) is 0 Å². The third-order valence-electron chi connectivity index (χ3n) is 5.12. The van der Waals surface area contributed by atoms with Crippen molar-refractivity contribution in [2.45, 2.75) is 12.6 Å². The summed E-state index contributed by atoms with van der Waals surface area (Å²) in [5, 5.41) is 14.7. The average Bonchev–Trinajstić information content (AvgIpc) is 2.80. The summed E-state index contributed by atoms with van der Waals surface area (Å²) in [5.74, 6) is 0.177. The molecule has 0 bridgehead atoms. The SMILES string of the molecule is CN(C)C(=O)C1CN(CCNc2c(C=N)nc(NCc3ccc(Cl)c(Cl)c3)[nH]c2=O)CCO1. The first-order chi connectivity index (χ1) is 15.8. The fourth-order valence-electron chi connectivity index (χ4n) is 3.37. The van der Waals surface area contributed by atoms with Gasteiger partial charge in [-0.05, 0) is 17.7 Å². The first-order valence-electron chi connectivity index (χ1n) is 10.4. The minimum Gasteiger partial charge on any atom is -0.377 e. The largest absolute Gasteiger partial charge is 0.377 e. The fourth-order valence-corrected chi connectivity index (χ4v) is 3.69. The van der Waals surface area contributed by atoms with Crippen LogP contribution >= 0.6 is 23.2 Å². The zero-order chi connectivity index (χ0) is 24.0. The minimum absolute atomic E-state index is 0.0663. The third kappa shape index (κ3) is 6.67. The van der Waals surface area contributed by atoms with Crippen LogP contribution in [0.15, 0.2) is 23.0 Å². The summed E-state index contributed by atoms with van der Waals surface area (Å²) in [6, 6.07) is 5.24. The van der Waals surface area contributed by atoms with Crippen LogP contribution in [0.5, 0.6) is 0 Å². The molecule has 1 aromatic heterocycles. The number of aromatic nitrogens is 2. The van der Waals surface area contributed by atoms with E-state index in [0.29, 0.717) is 49.4 Å². The van der Waals surface area contributed by atoms with E-state index < -0.39 is 6.10 Å². The molecular weight excluding hydrogens is 469 g/mol. The molecule has 33 heavy (non-hydrogen) atoms. The first-order valence-corrected chi connectivity index (χ1v) is 11.2. The van der Waals surface area contributed by atoms with E-state index in [1.807, 2.05) is 6.07 Å². The molecule has 1 aromatic carbocycles. The molecule has 178 valence electrons. The maximum atomic E-state index is 12.6. The predicted octanol–water partition coefficient (Wildman–Crippen LogP) is 1.89. The Morgan fingerprint density at radius 2 is 2.15 bits per heavy atom. The average molecular weight is 496 g/mol. The zero-order valence-electron chi connectivity index (χ0n) is 18.5. The number of amides is 1. The van der Waals surface area contributed by atoms with Gasteiger partial charge in [0.25, 0.3) is 11.5 Å². The topological polar surface area (TPSA) is 126 Å². The first kappa shape index (κ1) is 25.0. The number of ether oxygens (including phenoxy) is 1. The van der Waals surface area contributed by atoms with Gasteiger partial charge < -0.3 is 25.7 Å². The molecule has 12 heteroatoms. The summed E-state index contributed by atoms with van der Waals surface area (Å²) in [7, 11) is 3.40. The van der Waals surface area contributed by atoms with Gasteiger partial charge in [-0.1, -0.05) is 29.3 Å². The second-order valence-corrected chi connectivity index (χ2v) is 8.56. The van der Waals surface area contributed by atoms with E-state index in [2.05, 4.69) is 25.5 Å². The van der Waals surface area contributed by atoms with Crippen LogP contribution < -0.4 is 16.2 Å². The highest BCUT2D eigenvalue weighted by molar-refractivity contribution is 6.42. The van der Waals surface area contributed by atoms with Crippen molar-refractivity contribution in [2.24, 2.45) is 0 Å². The van der Waals surface area contributed by atoms with Gasteiger partial charge >= 0.3 is 0 Å². The summed E-state index contributed by atoms with van der Waals surface area (Å²) in [6.45, 7) is 3.08. The Morgan fingerprint density at radius 3 is 2.85 bits per heavy atom. The number of carbonyl (C=O) groups excluding carboxylic acids is 1. The number of anilines is 2. The molecule has 0 saturated carbocycles. The highest BCUT2D eigenvalue weighted by atomic mass is 35.5. The quantitative estimate of drug-likeness (QED) is 0.391. The van der Waals surface area contributed by atoms with Gasteiger partial charge in [0.05, 0.1) is 16.7 Å². The minimum atomic E-state index is -0.489. The molecule has 1 unspecified atom stereocenters. The maximum Gasteiger partial charge on any atom is 0.276 e. The lowest BCUT2D eigenvalue weighted by Crippen LogP contribution is -2.50. The number of benzene rings is 1. The molecule has 0 spiro atoms. The smallest absolute Gasteiger partial charge is 0.276 e. The van der Waals surface area contributed by atoms with Crippen LogP contribution in [0.2, 0.25) is 10.0 Å². The zero-order valence-corrected chi connectivity index (χ0v) is 20.0. The van der Waals surface area contributed by atoms with Gasteiger partial charge in [0, 0.05) is 53.0 Å². The number of halogens is 2. The van der Waals surface area contributed by atoms with Crippen molar-refractivity contribution in [1.82, 2.24) is 19.8 Å². The Morgan fingerprint density at radius 1 is 1.36 bits per heavy atom. The second kappa shape index (κ2) is 11.5. The molecule has 0 aliphatic carbocycles. The number of hydrogen-bond donors (Lipinski definition) is 4. The van der Waals surface area contributed by atoms with Gasteiger partial charge in [-0.3, -0.25) is 19.5 Å². The van der Waals surface area contributed by atoms with Crippen molar-refractivity contribution in [3.8, 4) is 0 Å². The normalized spacial score (nSPS) is 16.3. The number of morpholine rings is 1. The number of aromatic amines is 1. The van der Waals surface area contributed by atoms with Crippen LogP contribution in [0.25, 0.3) is 0 Å². The summed E-state index contributed by atoms with van der Waals surface area (Å²) in [5.41, 5.74) is 0.919. The number of H-pyrrole nitrogens is 1. The van der Waals surface area contributed by atoms with Gasteiger partial charge in [-0.25, -0.2) is 4.98 Å². The van der Waals surface area contributed by atoms with Gasteiger partial charge in [0.2, 0.25) is 5.95 Å². The number of nitrogens with zero attached hydrogens (tertiary/aromatic N) is 3. The Kier molecular flexibility index (Phi) is 8.67. The van der Waals surface area contributed by atoms with Crippen LogP contribution in [0, 0.1) is 5.41 Å². The van der Waals surface area contributed by atoms with Gasteiger partial charge in [0.1, 0.15) is 17.5 Å². The van der Waals surface area contributed by atoms with E-state index in [1.165, 1.54) is 4.90 Å². The van der Waals surface area contributed by atoms with Crippen molar-refractivity contribution in [3.05, 3.63) is 49.9 Å². The molecule has 2 aromatic rings. The molecule has 1 fully saturated rings. The predicted molar refractivity (Wildman–Crippen MR) is 130 cm³/mol. The Labute approximate surface area is 201 Å². The monoisotopic (exact) mass is 495 g/mol. The molecule has 1 aliphatic heterocycles. The van der Waals surface area contributed by atoms with E-state index in [1.54, 1.807) is 26.2 Å². The van der Waals surface area contributed by atoms with Crippen molar-refractivity contribution in [2.75, 3.05) is 57.5 Å². The molecular formula is C21H27Cl2N7O3. The van der Waals surface area contributed by atoms with Crippen molar-refractivity contribution in [3.63, 3.8) is 0 Å². The van der Waals surface area contributed by atoms with Crippen LogP contribution in [0.1, 0.15) is 11.3 Å². The standard InChI is InChI=1S/C21H27Cl2N7O3/c1-29(2)20(32)17-12-30(7-8-33-17)6-5-25-18-16(10-24)27-21(28-19(18)31)26-11-13-3-4-14(22)15(23)9-13/h3-4,9-10,17,24-25H,5-8,11-12H2,1-2H3,(H2,26,27,28,31). The molecule has 1 amide bonds. The molecule has 0 radical (unpaired) electrons. The van der Waals surface area contributed by atoms with Gasteiger partial charge in [-0.2, -0.15) is 0 Å². The number of hydrogen-bond acceptors (Lipinski definition) is 8. The Balaban J connectivity index is 1.58. The van der Waals surface area contributed by atoms with E-state index >= 15 is 0 Å². The highest BCUT2D eigenvalue weighted by Crippen LogP contribution is 2.22. The molecule has 1 saturated heterocycles. The third-order valence-corrected chi connectivity index (χ3v) is 5.86. The van der Waals surface area contributed by atoms with Crippen LogP contribution in [-0.2, 0) is 16.1 Å². The van der Waals surface area contributed by atoms with Crippen LogP contribution in [0.4, 0.5) is 11.6 Å². The lowest BCUT2D eigenvalue weighted by Gasteiger charge is -2.33. The molecule has 10 nitrogen and oxygen atoms in total. The molecule has 2 heterocycles. The Hall–Kier alpha value is -2.66. The molecule has 4 N–H and O–H groups in total. The van der Waals surface area contributed by atoms with E-state index in [-0.39, 0.29) is 28.8 Å². The lowest BCUT2D eigenvalue weighted by molar-refractivity contribution is -0.146. The number of likely N-dealkylation sites (N-methyl/N-ethyl adjacent to an activating group) is 1. The van der Waals surface area contributed by atoms with Crippen molar-refractivity contribution >= 4 is 47.0 Å². The Bertz CT molecular complexity index is 1060. The number of rotatable bonds is 9. The van der Waals surface area contributed by atoms with Gasteiger partial charge in [0.15, 0.2) is 0 Å². The summed E-state index contributed by atoms with van der Waals surface area (Å²) in [4.78, 5) is 35.4. The van der Waals surface area contributed by atoms with E-state index in [4.69, 9.17) is 33.3 Å². The summed E-state index contributed by atoms with van der Waals surface area (Å²) < 4.78 is 5.56. The summed E-state index contributed by atoms with van der Waals surface area (Å²) in [6.07, 6.45) is 0.541. The van der Waals surface area contributed by atoms with Crippen molar-refractivity contribution in [1.29, 1.82) is 5.41 Å². The summed E-state index contributed by atoms with van der Waals surface area (Å²) >= 11 is 12.0. The maximum absolute atomic E-state index is 12.6. The molecule has 1 atom stereocenters. The number of nitrogens with one attached hydrogen (secondary N) is 4.